The van der Waals surface area contributed by atoms with Gasteiger partial charge in [0.2, 0.25) is 0 Å². The molecule has 200 valence electrons. The zero-order valence-corrected chi connectivity index (χ0v) is 23.5. The lowest BCUT2D eigenvalue weighted by Crippen LogP contribution is -2.36. The predicted octanol–water partition coefficient (Wildman–Crippen LogP) is 6.54. The zero-order valence-electron chi connectivity index (χ0n) is 21.7. The Hall–Kier alpha value is -4.76. The van der Waals surface area contributed by atoms with Gasteiger partial charge in [-0.1, -0.05) is 42.5 Å². The molecule has 0 amide bonds. The van der Waals surface area contributed by atoms with E-state index in [2.05, 4.69) is 0 Å². The number of fused-ring (bicyclic) bond motifs is 10. The van der Waals surface area contributed by atoms with E-state index in [1.165, 1.54) is 0 Å². The molecule has 0 aliphatic carbocycles. The van der Waals surface area contributed by atoms with Crippen molar-refractivity contribution >= 4 is 56.9 Å². The Bertz CT molecular complexity index is 2330. The Kier molecular flexibility index (Phi) is 4.11. The first-order valence-electron chi connectivity index (χ1n) is 13.5. The molecule has 6 nitrogen and oxygen atoms in total. The fraction of sp³-hybridized carbons (Fsp3) is 0. The SMILES string of the molecule is O=P12c3ccccc3Oc3cccc(c31)Oc1cc3c4c(ccc3cc12)Oc1cccc2c1P4(=O)c1ccccc1O2. The van der Waals surface area contributed by atoms with Gasteiger partial charge in [0.05, 0.1) is 21.2 Å². The molecule has 6 aromatic carbocycles. The Morgan fingerprint density at radius 2 is 0.857 bits per heavy atom. The van der Waals surface area contributed by atoms with Gasteiger partial charge in [-0.05, 0) is 72.1 Å². The second-order valence-electron chi connectivity index (χ2n) is 10.7. The largest absolute Gasteiger partial charge is 0.456 e. The number of hydrogen-bond donors (Lipinski definition) is 0. The van der Waals surface area contributed by atoms with E-state index in [9.17, 15) is 0 Å². The highest BCUT2D eigenvalue weighted by Crippen LogP contribution is 2.61. The third kappa shape index (κ3) is 2.59. The summed E-state index contributed by atoms with van der Waals surface area (Å²) in [5, 5.41) is 5.09. The molecular weight excluding hydrogens is 566 g/mol. The van der Waals surface area contributed by atoms with Crippen molar-refractivity contribution in [1.29, 1.82) is 0 Å². The molecule has 42 heavy (non-hydrogen) atoms. The van der Waals surface area contributed by atoms with Gasteiger partial charge in [0, 0.05) is 5.39 Å². The minimum atomic E-state index is -3.45. The molecule has 4 heterocycles. The average Bonchev–Trinajstić information content (AvgIpc) is 3.00. The van der Waals surface area contributed by atoms with Crippen LogP contribution in [0.25, 0.3) is 10.8 Å². The zero-order chi connectivity index (χ0) is 27.8. The summed E-state index contributed by atoms with van der Waals surface area (Å²) in [6, 6.07) is 33.5. The van der Waals surface area contributed by atoms with Gasteiger partial charge in [-0.15, -0.1) is 0 Å². The summed E-state index contributed by atoms with van der Waals surface area (Å²) in [5.41, 5.74) is 0. The second kappa shape index (κ2) is 7.54. The summed E-state index contributed by atoms with van der Waals surface area (Å²) in [7, 11) is -6.81. The molecule has 0 radical (unpaired) electrons. The van der Waals surface area contributed by atoms with Crippen LogP contribution in [0.1, 0.15) is 0 Å². The van der Waals surface area contributed by atoms with Gasteiger partial charge >= 0.3 is 0 Å². The van der Waals surface area contributed by atoms with Gasteiger partial charge in [0.1, 0.15) is 56.6 Å². The molecule has 0 saturated carbocycles. The van der Waals surface area contributed by atoms with Crippen molar-refractivity contribution < 1.29 is 28.1 Å². The highest BCUT2D eigenvalue weighted by molar-refractivity contribution is 7.87. The molecule has 0 aromatic heterocycles. The van der Waals surface area contributed by atoms with Gasteiger partial charge in [-0.25, -0.2) is 0 Å². The molecule has 8 heteroatoms. The molecule has 0 bridgehead atoms. The lowest BCUT2D eigenvalue weighted by atomic mass is 10.1. The first-order valence-corrected chi connectivity index (χ1v) is 17.0. The van der Waals surface area contributed by atoms with Crippen molar-refractivity contribution in [2.24, 2.45) is 0 Å². The van der Waals surface area contributed by atoms with Crippen LogP contribution in [-0.2, 0) is 9.13 Å². The van der Waals surface area contributed by atoms with Gasteiger partial charge in [-0.2, -0.15) is 0 Å². The van der Waals surface area contributed by atoms with E-state index >= 15 is 9.13 Å². The highest BCUT2D eigenvalue weighted by Gasteiger charge is 2.49. The Morgan fingerprint density at radius 1 is 0.381 bits per heavy atom. The van der Waals surface area contributed by atoms with Crippen LogP contribution in [0.5, 0.6) is 46.0 Å². The highest BCUT2D eigenvalue weighted by atomic mass is 31.2. The van der Waals surface area contributed by atoms with Gasteiger partial charge < -0.3 is 28.1 Å². The monoisotopic (exact) mass is 584 g/mol. The van der Waals surface area contributed by atoms with E-state index in [-0.39, 0.29) is 0 Å². The van der Waals surface area contributed by atoms with Gasteiger partial charge in [-0.3, -0.25) is 0 Å². The van der Waals surface area contributed by atoms with E-state index < -0.39 is 14.3 Å². The third-order valence-corrected chi connectivity index (χ3v) is 14.9. The number of benzene rings is 6. The Balaban J connectivity index is 1.31. The molecule has 4 aliphatic heterocycles. The van der Waals surface area contributed by atoms with Crippen molar-refractivity contribution in [2.45, 2.75) is 0 Å². The van der Waals surface area contributed by atoms with E-state index in [0.29, 0.717) is 77.8 Å². The van der Waals surface area contributed by atoms with E-state index in [0.717, 1.165) is 10.8 Å². The van der Waals surface area contributed by atoms with Crippen molar-refractivity contribution in [3.63, 3.8) is 0 Å². The molecule has 0 saturated heterocycles. The lowest BCUT2D eigenvalue weighted by Gasteiger charge is -2.36. The van der Waals surface area contributed by atoms with Crippen molar-refractivity contribution in [3.05, 3.63) is 109 Å². The summed E-state index contributed by atoms with van der Waals surface area (Å²) < 4.78 is 56.3. The average molecular weight is 584 g/mol. The first kappa shape index (κ1) is 22.9. The normalized spacial score (nSPS) is 21.0. The fourth-order valence-electron chi connectivity index (χ4n) is 6.80. The van der Waals surface area contributed by atoms with Gasteiger partial charge in [0.15, 0.2) is 14.3 Å². The summed E-state index contributed by atoms with van der Waals surface area (Å²) in [5.74, 6) is 4.20. The second-order valence-corrected chi connectivity index (χ2v) is 15.9. The van der Waals surface area contributed by atoms with Crippen molar-refractivity contribution in [2.75, 3.05) is 0 Å². The molecule has 2 unspecified atom stereocenters. The summed E-state index contributed by atoms with van der Waals surface area (Å²) in [6.07, 6.45) is 0. The molecule has 4 aliphatic rings. The smallest absolute Gasteiger partial charge is 0.186 e. The van der Waals surface area contributed by atoms with Crippen LogP contribution in [0.3, 0.4) is 0 Å². The summed E-state index contributed by atoms with van der Waals surface area (Å²) in [6.45, 7) is 0. The van der Waals surface area contributed by atoms with E-state index in [1.54, 1.807) is 0 Å². The van der Waals surface area contributed by atoms with E-state index in [1.807, 2.05) is 109 Å². The molecule has 10 rings (SSSR count). The van der Waals surface area contributed by atoms with Crippen LogP contribution in [0.2, 0.25) is 0 Å². The minimum absolute atomic E-state index is 0.466. The topological polar surface area (TPSA) is 71.1 Å². The van der Waals surface area contributed by atoms with Crippen LogP contribution >= 0.6 is 14.3 Å². The first-order chi connectivity index (χ1) is 20.5. The molecule has 0 N–H and O–H groups in total. The minimum Gasteiger partial charge on any atom is -0.456 e. The molecule has 0 spiro atoms. The lowest BCUT2D eigenvalue weighted by molar-refractivity contribution is 0.462. The van der Waals surface area contributed by atoms with Crippen LogP contribution in [-0.4, -0.2) is 0 Å². The van der Waals surface area contributed by atoms with Gasteiger partial charge in [0.25, 0.3) is 0 Å². The number of ether oxygens (including phenoxy) is 4. The van der Waals surface area contributed by atoms with Crippen LogP contribution in [0.4, 0.5) is 0 Å². The maximum Gasteiger partial charge on any atom is 0.186 e. The summed E-state index contributed by atoms with van der Waals surface area (Å²) >= 11 is 0. The third-order valence-electron chi connectivity index (χ3n) is 8.53. The molecule has 2 atom stereocenters. The Morgan fingerprint density at radius 3 is 1.50 bits per heavy atom. The van der Waals surface area contributed by atoms with Crippen molar-refractivity contribution in [3.8, 4) is 46.0 Å². The van der Waals surface area contributed by atoms with E-state index in [4.69, 9.17) is 18.9 Å². The van der Waals surface area contributed by atoms with Crippen LogP contribution in [0, 0.1) is 0 Å². The molecular formula is C34H18O6P2. The number of hydrogen-bond acceptors (Lipinski definition) is 6. The number of rotatable bonds is 0. The van der Waals surface area contributed by atoms with Crippen molar-refractivity contribution in [1.82, 2.24) is 0 Å². The standard InChI is InChI=1S/C34H18O6P2/c35-41-29-13-3-1-7-21(29)37-23-9-5-10-24(33(23)41)40-28-18-20-19(17-31(28)41)15-16-27-32(20)42(36)30-14-4-2-8-22(30)38-25-11-6-12-26(39-27)34(25)42/h1-18H. The fourth-order valence-corrected chi connectivity index (χ4v) is 13.1. The quantitative estimate of drug-likeness (QED) is 0.189. The molecule has 0 fully saturated rings. The maximum atomic E-state index is 15.7. The Labute approximate surface area is 239 Å². The predicted molar refractivity (Wildman–Crippen MR) is 163 cm³/mol. The maximum absolute atomic E-state index is 15.7. The van der Waals surface area contributed by atoms with Crippen LogP contribution in [0.15, 0.2) is 109 Å². The van der Waals surface area contributed by atoms with Crippen LogP contribution < -0.4 is 50.8 Å². The molecule has 6 aromatic rings. The summed E-state index contributed by atoms with van der Waals surface area (Å²) in [4.78, 5) is 0. The number of para-hydroxylation sites is 2.